The van der Waals surface area contributed by atoms with Crippen molar-refractivity contribution in [2.45, 2.75) is 63.7 Å². The molecule has 2 rings (SSSR count). The van der Waals surface area contributed by atoms with Crippen molar-refractivity contribution in [2.75, 3.05) is 19.6 Å². The molecule has 19 heavy (non-hydrogen) atoms. The van der Waals surface area contributed by atoms with Gasteiger partial charge in [-0.2, -0.15) is 13.2 Å². The summed E-state index contributed by atoms with van der Waals surface area (Å²) < 4.78 is 38.6. The first-order chi connectivity index (χ1) is 8.75. The van der Waals surface area contributed by atoms with Crippen LogP contribution < -0.4 is 5.32 Å². The Bertz CT molecular complexity index is 321. The zero-order valence-electron chi connectivity index (χ0n) is 12.1. The first-order valence-electron chi connectivity index (χ1n) is 7.31. The van der Waals surface area contributed by atoms with Crippen LogP contribution in [0.5, 0.6) is 0 Å². The minimum atomic E-state index is -4.11. The summed E-state index contributed by atoms with van der Waals surface area (Å²) in [6, 6.07) is 0. The molecule has 2 fully saturated rings. The van der Waals surface area contributed by atoms with E-state index in [4.69, 9.17) is 0 Å². The van der Waals surface area contributed by atoms with E-state index in [1.54, 1.807) is 4.90 Å². The summed E-state index contributed by atoms with van der Waals surface area (Å²) >= 11 is 0. The predicted molar refractivity (Wildman–Crippen MR) is 70.1 cm³/mol. The molecule has 1 aliphatic heterocycles. The highest BCUT2D eigenvalue weighted by Gasteiger charge is 2.53. The van der Waals surface area contributed by atoms with Gasteiger partial charge in [0.1, 0.15) is 0 Å². The van der Waals surface area contributed by atoms with E-state index in [2.05, 4.69) is 19.2 Å². The highest BCUT2D eigenvalue weighted by Crippen LogP contribution is 2.46. The summed E-state index contributed by atoms with van der Waals surface area (Å²) in [7, 11) is 0. The van der Waals surface area contributed by atoms with Crippen molar-refractivity contribution < 1.29 is 13.2 Å². The van der Waals surface area contributed by atoms with E-state index in [0.717, 1.165) is 25.7 Å². The highest BCUT2D eigenvalue weighted by atomic mass is 19.4. The third-order valence-corrected chi connectivity index (χ3v) is 5.22. The molecule has 1 N–H and O–H groups in total. The van der Waals surface area contributed by atoms with Crippen LogP contribution in [-0.4, -0.2) is 41.8 Å². The van der Waals surface area contributed by atoms with Gasteiger partial charge in [0.25, 0.3) is 0 Å². The van der Waals surface area contributed by atoms with E-state index in [1.165, 1.54) is 0 Å². The molecule has 0 radical (unpaired) electrons. The van der Waals surface area contributed by atoms with E-state index < -0.39 is 12.7 Å². The number of hydrogen-bond donors (Lipinski definition) is 1. The van der Waals surface area contributed by atoms with Crippen LogP contribution in [0.3, 0.4) is 0 Å². The summed E-state index contributed by atoms with van der Waals surface area (Å²) in [5.41, 5.74) is -0.483. The molecule has 1 atom stereocenters. The molecule has 1 heterocycles. The Labute approximate surface area is 113 Å². The van der Waals surface area contributed by atoms with Crippen LogP contribution in [0.25, 0.3) is 0 Å². The number of rotatable bonds is 4. The molecule has 112 valence electrons. The first kappa shape index (κ1) is 15.1. The molecule has 1 aliphatic carbocycles. The average molecular weight is 278 g/mol. The summed E-state index contributed by atoms with van der Waals surface area (Å²) in [5, 5.41) is 3.55. The number of halogens is 3. The van der Waals surface area contributed by atoms with Crippen LogP contribution in [0, 0.1) is 5.92 Å². The second-order valence-corrected chi connectivity index (χ2v) is 6.44. The van der Waals surface area contributed by atoms with Gasteiger partial charge in [0.05, 0.1) is 6.54 Å². The Balaban J connectivity index is 2.18. The molecule has 0 aromatic rings. The number of nitrogens with zero attached hydrogens (tertiary/aromatic N) is 1. The second-order valence-electron chi connectivity index (χ2n) is 6.44. The maximum absolute atomic E-state index is 12.9. The van der Waals surface area contributed by atoms with Gasteiger partial charge < -0.3 is 5.32 Å². The summed E-state index contributed by atoms with van der Waals surface area (Å²) in [6.07, 6.45) is -0.229. The molecule has 5 heteroatoms. The van der Waals surface area contributed by atoms with Gasteiger partial charge in [-0.1, -0.05) is 13.8 Å². The lowest BCUT2D eigenvalue weighted by Crippen LogP contribution is -2.70. The molecule has 1 saturated carbocycles. The van der Waals surface area contributed by atoms with E-state index in [-0.39, 0.29) is 11.1 Å². The lowest BCUT2D eigenvalue weighted by Gasteiger charge is -2.53. The minimum Gasteiger partial charge on any atom is -0.308 e. The lowest BCUT2D eigenvalue weighted by molar-refractivity contribution is -0.169. The van der Waals surface area contributed by atoms with Crippen LogP contribution in [0.4, 0.5) is 13.2 Å². The zero-order valence-corrected chi connectivity index (χ0v) is 12.1. The molecule has 0 aromatic heterocycles. The van der Waals surface area contributed by atoms with Gasteiger partial charge in [-0.3, -0.25) is 4.90 Å². The van der Waals surface area contributed by atoms with Crippen molar-refractivity contribution in [3.8, 4) is 0 Å². The van der Waals surface area contributed by atoms with Crippen LogP contribution >= 0.6 is 0 Å². The Kier molecular flexibility index (Phi) is 3.91. The fourth-order valence-corrected chi connectivity index (χ4v) is 3.36. The Morgan fingerprint density at radius 3 is 2.21 bits per heavy atom. The molecule has 1 unspecified atom stereocenters. The summed E-state index contributed by atoms with van der Waals surface area (Å²) in [5.74, 6) is 0.425. The molecular formula is C14H25F3N2. The van der Waals surface area contributed by atoms with Crippen molar-refractivity contribution in [3.63, 3.8) is 0 Å². The van der Waals surface area contributed by atoms with E-state index in [0.29, 0.717) is 19.0 Å². The van der Waals surface area contributed by atoms with E-state index in [9.17, 15) is 13.2 Å². The fourth-order valence-electron chi connectivity index (χ4n) is 3.36. The Morgan fingerprint density at radius 1 is 1.21 bits per heavy atom. The molecule has 1 saturated heterocycles. The Morgan fingerprint density at radius 2 is 1.79 bits per heavy atom. The largest absolute Gasteiger partial charge is 0.401 e. The van der Waals surface area contributed by atoms with Crippen molar-refractivity contribution in [1.82, 2.24) is 10.2 Å². The zero-order chi connectivity index (χ0) is 14.3. The molecule has 2 aliphatic rings. The number of nitrogens with one attached hydrogen (secondary N) is 1. The summed E-state index contributed by atoms with van der Waals surface area (Å²) in [4.78, 5) is 1.70. The third kappa shape index (κ3) is 3.07. The molecule has 0 spiro atoms. The molecular weight excluding hydrogens is 253 g/mol. The highest BCUT2D eigenvalue weighted by molar-refractivity contribution is 5.08. The van der Waals surface area contributed by atoms with Crippen molar-refractivity contribution in [3.05, 3.63) is 0 Å². The van der Waals surface area contributed by atoms with Gasteiger partial charge in [0.15, 0.2) is 0 Å². The molecule has 0 aromatic carbocycles. The van der Waals surface area contributed by atoms with Crippen molar-refractivity contribution in [2.24, 2.45) is 5.92 Å². The SMILES string of the molecule is CCC1(CC)CN(CC(F)(F)F)C(C)(C2CC2)CN1. The van der Waals surface area contributed by atoms with Crippen LogP contribution in [0.1, 0.15) is 46.5 Å². The van der Waals surface area contributed by atoms with Gasteiger partial charge in [-0.25, -0.2) is 0 Å². The van der Waals surface area contributed by atoms with Crippen molar-refractivity contribution in [1.29, 1.82) is 0 Å². The van der Waals surface area contributed by atoms with Crippen molar-refractivity contribution >= 4 is 0 Å². The number of alkyl halides is 3. The van der Waals surface area contributed by atoms with Crippen LogP contribution in [0.2, 0.25) is 0 Å². The fraction of sp³-hybridized carbons (Fsp3) is 1.00. The predicted octanol–water partition coefficient (Wildman–Crippen LogP) is 3.18. The van der Waals surface area contributed by atoms with Crippen LogP contribution in [-0.2, 0) is 0 Å². The average Bonchev–Trinajstić information content (AvgIpc) is 3.15. The van der Waals surface area contributed by atoms with Gasteiger partial charge in [-0.15, -0.1) is 0 Å². The smallest absolute Gasteiger partial charge is 0.308 e. The van der Waals surface area contributed by atoms with E-state index in [1.807, 2.05) is 6.92 Å². The Hall–Kier alpha value is -0.290. The molecule has 2 nitrogen and oxygen atoms in total. The van der Waals surface area contributed by atoms with Gasteiger partial charge in [-0.05, 0) is 38.5 Å². The normalized spacial score (nSPS) is 32.5. The molecule has 0 bridgehead atoms. The lowest BCUT2D eigenvalue weighted by atomic mass is 9.82. The summed E-state index contributed by atoms with van der Waals surface area (Å²) in [6.45, 7) is 6.52. The van der Waals surface area contributed by atoms with Gasteiger partial charge in [0, 0.05) is 24.2 Å². The first-order valence-corrected chi connectivity index (χ1v) is 7.31. The monoisotopic (exact) mass is 278 g/mol. The van der Waals surface area contributed by atoms with E-state index >= 15 is 0 Å². The maximum atomic E-state index is 12.9. The number of piperazine rings is 1. The standard InChI is InChI=1S/C14H25F3N2/c1-4-13(5-2)9-19(10-14(15,16)17)12(3,8-18-13)11-6-7-11/h11,18H,4-10H2,1-3H3. The van der Waals surface area contributed by atoms with Gasteiger partial charge >= 0.3 is 6.18 Å². The maximum Gasteiger partial charge on any atom is 0.401 e. The minimum absolute atomic E-state index is 0.153. The topological polar surface area (TPSA) is 15.3 Å². The van der Waals surface area contributed by atoms with Crippen LogP contribution in [0.15, 0.2) is 0 Å². The third-order valence-electron chi connectivity index (χ3n) is 5.22. The van der Waals surface area contributed by atoms with Gasteiger partial charge in [0.2, 0.25) is 0 Å². The second kappa shape index (κ2) is 4.92. The number of hydrogen-bond acceptors (Lipinski definition) is 2. The quantitative estimate of drug-likeness (QED) is 0.849. The molecule has 0 amide bonds.